The third kappa shape index (κ3) is 4.89. The molecule has 1 aliphatic rings. The zero-order valence-electron chi connectivity index (χ0n) is 12.1. The van der Waals surface area contributed by atoms with Crippen LogP contribution in [-0.2, 0) is 6.54 Å². The molecule has 118 valence electrons. The van der Waals surface area contributed by atoms with Gasteiger partial charge in [0.15, 0.2) is 0 Å². The summed E-state index contributed by atoms with van der Waals surface area (Å²) in [5.74, 6) is -0.180. The Bertz CT molecular complexity index is 451. The van der Waals surface area contributed by atoms with E-state index in [9.17, 15) is 13.2 Å². The lowest BCUT2D eigenvalue weighted by atomic mass is 9.80. The number of piperidine rings is 1. The molecule has 0 saturated carbocycles. The summed E-state index contributed by atoms with van der Waals surface area (Å²) in [5.41, 5.74) is 6.99. The van der Waals surface area contributed by atoms with E-state index in [0.29, 0.717) is 6.54 Å². The summed E-state index contributed by atoms with van der Waals surface area (Å²) in [7, 11) is 0. The van der Waals surface area contributed by atoms with Crippen LogP contribution in [-0.4, -0.2) is 30.9 Å². The smallest absolute Gasteiger partial charge is 0.406 e. The Hall–Kier alpha value is -1.27. The van der Waals surface area contributed by atoms with Crippen molar-refractivity contribution in [2.75, 3.05) is 19.6 Å². The Labute approximate surface area is 122 Å². The molecule has 0 bridgehead atoms. The molecule has 1 aliphatic heterocycles. The molecule has 21 heavy (non-hydrogen) atoms. The summed E-state index contributed by atoms with van der Waals surface area (Å²) in [6.45, 7) is 5.58. The molecule has 0 atom stereocenters. The van der Waals surface area contributed by atoms with Crippen LogP contribution in [0, 0.1) is 5.41 Å². The number of halogens is 3. The molecule has 1 aromatic rings. The van der Waals surface area contributed by atoms with E-state index in [1.54, 1.807) is 12.1 Å². The molecular weight excluding hydrogens is 281 g/mol. The van der Waals surface area contributed by atoms with Crippen LogP contribution in [0.3, 0.4) is 0 Å². The predicted octanol–water partition coefficient (Wildman–Crippen LogP) is 3.15. The molecule has 0 unspecified atom stereocenters. The summed E-state index contributed by atoms with van der Waals surface area (Å²) in [6.07, 6.45) is -2.53. The first-order valence-electron chi connectivity index (χ1n) is 7.07. The van der Waals surface area contributed by atoms with Crippen LogP contribution in [0.5, 0.6) is 5.75 Å². The van der Waals surface area contributed by atoms with E-state index >= 15 is 0 Å². The first-order valence-corrected chi connectivity index (χ1v) is 7.07. The van der Waals surface area contributed by atoms with Crippen LogP contribution in [0.25, 0.3) is 0 Å². The highest BCUT2D eigenvalue weighted by atomic mass is 19.4. The van der Waals surface area contributed by atoms with Crippen LogP contribution < -0.4 is 10.5 Å². The van der Waals surface area contributed by atoms with Gasteiger partial charge in [-0.25, -0.2) is 0 Å². The maximum atomic E-state index is 12.1. The second-order valence-corrected chi connectivity index (χ2v) is 5.98. The predicted molar refractivity (Wildman–Crippen MR) is 74.8 cm³/mol. The van der Waals surface area contributed by atoms with Crippen molar-refractivity contribution < 1.29 is 17.9 Å². The van der Waals surface area contributed by atoms with Crippen LogP contribution in [0.15, 0.2) is 24.3 Å². The van der Waals surface area contributed by atoms with Crippen molar-refractivity contribution in [1.82, 2.24) is 4.90 Å². The van der Waals surface area contributed by atoms with Crippen LogP contribution in [0.2, 0.25) is 0 Å². The van der Waals surface area contributed by atoms with Crippen LogP contribution >= 0.6 is 0 Å². The Morgan fingerprint density at radius 1 is 1.19 bits per heavy atom. The molecule has 1 heterocycles. The number of hydrogen-bond acceptors (Lipinski definition) is 3. The Balaban J connectivity index is 1.87. The molecule has 0 spiro atoms. The highest BCUT2D eigenvalue weighted by Gasteiger charge is 2.31. The van der Waals surface area contributed by atoms with E-state index < -0.39 is 6.36 Å². The van der Waals surface area contributed by atoms with Gasteiger partial charge < -0.3 is 10.5 Å². The molecule has 2 rings (SSSR count). The molecule has 0 radical (unpaired) electrons. The van der Waals surface area contributed by atoms with E-state index in [2.05, 4.69) is 16.6 Å². The van der Waals surface area contributed by atoms with E-state index in [0.717, 1.165) is 38.0 Å². The van der Waals surface area contributed by atoms with Gasteiger partial charge in [0.25, 0.3) is 0 Å². The second kappa shape index (κ2) is 6.23. The van der Waals surface area contributed by atoms with Crippen molar-refractivity contribution in [3.63, 3.8) is 0 Å². The zero-order chi connectivity index (χ0) is 15.5. The molecular formula is C15H21F3N2O. The SMILES string of the molecule is CC1(CN)CCN(Cc2ccc(OC(F)(F)F)cc2)CC1. The second-order valence-electron chi connectivity index (χ2n) is 5.98. The number of alkyl halides is 3. The van der Waals surface area contributed by atoms with Crippen LogP contribution in [0.1, 0.15) is 25.3 Å². The molecule has 0 aliphatic carbocycles. The summed E-state index contributed by atoms with van der Waals surface area (Å²) in [6, 6.07) is 6.07. The monoisotopic (exact) mass is 302 g/mol. The molecule has 1 aromatic carbocycles. The van der Waals surface area contributed by atoms with Gasteiger partial charge in [0, 0.05) is 6.54 Å². The summed E-state index contributed by atoms with van der Waals surface area (Å²) in [5, 5.41) is 0. The first-order chi connectivity index (χ1) is 9.80. The average Bonchev–Trinajstić information content (AvgIpc) is 2.42. The molecule has 2 N–H and O–H groups in total. The molecule has 1 saturated heterocycles. The normalized spacial score (nSPS) is 19.5. The molecule has 0 aromatic heterocycles. The van der Waals surface area contributed by atoms with E-state index in [-0.39, 0.29) is 11.2 Å². The third-order valence-corrected chi connectivity index (χ3v) is 4.12. The minimum Gasteiger partial charge on any atom is -0.406 e. The topological polar surface area (TPSA) is 38.5 Å². The fraction of sp³-hybridized carbons (Fsp3) is 0.600. The molecule has 0 amide bonds. The van der Waals surface area contributed by atoms with E-state index in [4.69, 9.17) is 5.73 Å². The van der Waals surface area contributed by atoms with E-state index in [1.165, 1.54) is 12.1 Å². The summed E-state index contributed by atoms with van der Waals surface area (Å²) >= 11 is 0. The van der Waals surface area contributed by atoms with Gasteiger partial charge in [0.05, 0.1) is 0 Å². The van der Waals surface area contributed by atoms with Gasteiger partial charge in [-0.2, -0.15) is 0 Å². The van der Waals surface area contributed by atoms with Gasteiger partial charge in [-0.3, -0.25) is 4.90 Å². The number of nitrogens with two attached hydrogens (primary N) is 1. The van der Waals surface area contributed by atoms with Gasteiger partial charge in [-0.05, 0) is 55.6 Å². The molecule has 6 heteroatoms. The maximum absolute atomic E-state index is 12.1. The van der Waals surface area contributed by atoms with E-state index in [1.807, 2.05) is 0 Å². The number of nitrogens with zero attached hydrogens (tertiary/aromatic N) is 1. The van der Waals surface area contributed by atoms with Crippen molar-refractivity contribution >= 4 is 0 Å². The average molecular weight is 302 g/mol. The number of ether oxygens (including phenoxy) is 1. The summed E-state index contributed by atoms with van der Waals surface area (Å²) in [4.78, 5) is 2.30. The largest absolute Gasteiger partial charge is 0.573 e. The summed E-state index contributed by atoms with van der Waals surface area (Å²) < 4.78 is 40.1. The van der Waals surface area contributed by atoms with Gasteiger partial charge in [-0.1, -0.05) is 19.1 Å². The number of benzene rings is 1. The third-order valence-electron chi connectivity index (χ3n) is 4.12. The minimum atomic E-state index is -4.64. The van der Waals surface area contributed by atoms with Gasteiger partial charge >= 0.3 is 6.36 Å². The maximum Gasteiger partial charge on any atom is 0.573 e. The van der Waals surface area contributed by atoms with Gasteiger partial charge in [0.1, 0.15) is 5.75 Å². The van der Waals surface area contributed by atoms with Gasteiger partial charge in [-0.15, -0.1) is 13.2 Å². The fourth-order valence-electron chi connectivity index (χ4n) is 2.51. The lowest BCUT2D eigenvalue weighted by Gasteiger charge is -2.38. The Morgan fingerprint density at radius 3 is 2.24 bits per heavy atom. The number of hydrogen-bond donors (Lipinski definition) is 1. The fourth-order valence-corrected chi connectivity index (χ4v) is 2.51. The molecule has 3 nitrogen and oxygen atoms in total. The van der Waals surface area contributed by atoms with Crippen molar-refractivity contribution in [2.45, 2.75) is 32.7 Å². The number of rotatable bonds is 4. The van der Waals surface area contributed by atoms with Crippen molar-refractivity contribution in [3.05, 3.63) is 29.8 Å². The lowest BCUT2D eigenvalue weighted by Crippen LogP contribution is -2.41. The van der Waals surface area contributed by atoms with Crippen molar-refractivity contribution in [1.29, 1.82) is 0 Å². The quantitative estimate of drug-likeness (QED) is 0.928. The number of likely N-dealkylation sites (tertiary alicyclic amines) is 1. The van der Waals surface area contributed by atoms with Gasteiger partial charge in [0.2, 0.25) is 0 Å². The zero-order valence-corrected chi connectivity index (χ0v) is 12.1. The van der Waals surface area contributed by atoms with Crippen molar-refractivity contribution in [3.8, 4) is 5.75 Å². The van der Waals surface area contributed by atoms with Crippen LogP contribution in [0.4, 0.5) is 13.2 Å². The highest BCUT2D eigenvalue weighted by Crippen LogP contribution is 2.30. The Kier molecular flexibility index (Phi) is 4.78. The van der Waals surface area contributed by atoms with Crippen molar-refractivity contribution in [2.24, 2.45) is 11.1 Å². The molecule has 1 fully saturated rings. The highest BCUT2D eigenvalue weighted by molar-refractivity contribution is 5.27. The first kappa shape index (κ1) is 16.1. The Morgan fingerprint density at radius 2 is 1.76 bits per heavy atom. The lowest BCUT2D eigenvalue weighted by molar-refractivity contribution is -0.274. The standard InChI is InChI=1S/C15H21F3N2O/c1-14(11-19)6-8-20(9-7-14)10-12-2-4-13(5-3-12)21-15(16,17)18/h2-5H,6-11,19H2,1H3. The minimum absolute atomic E-state index is 0.180.